The van der Waals surface area contributed by atoms with E-state index in [4.69, 9.17) is 9.15 Å². The van der Waals surface area contributed by atoms with Crippen LogP contribution < -0.4 is 25.8 Å². The number of nitrogens with one attached hydrogen (secondary N) is 2. The lowest BCUT2D eigenvalue weighted by Gasteiger charge is -2.44. The summed E-state index contributed by atoms with van der Waals surface area (Å²) >= 11 is 0. The molecule has 4 heterocycles. The van der Waals surface area contributed by atoms with Crippen LogP contribution in [0.1, 0.15) is 44.3 Å². The average molecular weight is 666 g/mol. The number of rotatable bonds is 8. The molecule has 0 spiro atoms. The van der Waals surface area contributed by atoms with Crippen molar-refractivity contribution in [3.8, 4) is 17.2 Å². The minimum Gasteiger partial charge on any atom is -0.496 e. The minimum atomic E-state index is -0.335. The number of hydrogen-bond acceptors (Lipinski definition) is 7. The molecule has 50 heavy (non-hydrogen) atoms. The molecule has 2 atom stereocenters. The van der Waals surface area contributed by atoms with Crippen molar-refractivity contribution >= 4 is 34.3 Å². The van der Waals surface area contributed by atoms with E-state index in [0.717, 1.165) is 28.9 Å². The third kappa shape index (κ3) is 6.00. The van der Waals surface area contributed by atoms with E-state index in [2.05, 4.69) is 20.5 Å². The summed E-state index contributed by atoms with van der Waals surface area (Å²) < 4.78 is 13.3. The van der Waals surface area contributed by atoms with E-state index in [1.807, 2.05) is 77.4 Å². The Morgan fingerprint density at radius 1 is 0.860 bits per heavy atom. The fourth-order valence-corrected chi connectivity index (χ4v) is 7.24. The van der Waals surface area contributed by atoms with E-state index in [1.54, 1.807) is 43.5 Å². The van der Waals surface area contributed by atoms with Gasteiger partial charge in [-0.25, -0.2) is 4.98 Å². The van der Waals surface area contributed by atoms with E-state index >= 15 is 0 Å². The first-order chi connectivity index (χ1) is 24.4. The van der Waals surface area contributed by atoms with E-state index < -0.39 is 0 Å². The number of benzene rings is 4. The molecule has 1 fully saturated rings. The Morgan fingerprint density at radius 3 is 2.52 bits per heavy atom. The molecule has 10 nitrogen and oxygen atoms in total. The number of aromatic nitrogens is 2. The molecule has 0 unspecified atom stereocenters. The van der Waals surface area contributed by atoms with Crippen molar-refractivity contribution < 1.29 is 18.7 Å². The van der Waals surface area contributed by atoms with Crippen molar-refractivity contribution in [3.05, 3.63) is 142 Å². The highest BCUT2D eigenvalue weighted by Crippen LogP contribution is 2.39. The Hall–Kier alpha value is -6.16. The minimum absolute atomic E-state index is 0.0297. The quantitative estimate of drug-likeness (QED) is 0.191. The molecule has 10 heteroatoms. The van der Waals surface area contributed by atoms with Gasteiger partial charge in [0.1, 0.15) is 11.3 Å². The molecular weight excluding hydrogens is 630 g/mol. The zero-order valence-corrected chi connectivity index (χ0v) is 27.5. The number of fused-ring (bicyclic) bond motifs is 5. The average Bonchev–Trinajstić information content (AvgIpc) is 3.58. The van der Waals surface area contributed by atoms with E-state index in [1.165, 1.54) is 0 Å². The number of pyridine rings is 1. The maximum atomic E-state index is 13.9. The number of carbonyl (C=O) groups excluding carboxylic acids is 2. The Morgan fingerprint density at radius 2 is 1.66 bits per heavy atom. The zero-order chi connectivity index (χ0) is 34.2. The Bertz CT molecular complexity index is 2300. The lowest BCUT2D eigenvalue weighted by atomic mass is 9.83. The number of amides is 2. The van der Waals surface area contributed by atoms with Crippen LogP contribution in [-0.4, -0.2) is 41.6 Å². The highest BCUT2D eigenvalue weighted by molar-refractivity contribution is 6.08. The SMILES string of the molecule is COc1ccccc1CNC(=O)c1ccc(N2C[C@H]3C[C@@H](C2)c2cccc(=O)n2C3)c(NC(=O)c2ccc3oc(-c4ccccc4)nc3c2)c1. The predicted molar refractivity (Wildman–Crippen MR) is 192 cm³/mol. The second-order valence-electron chi connectivity index (χ2n) is 12.9. The van der Waals surface area contributed by atoms with Crippen molar-refractivity contribution in [2.75, 3.05) is 30.4 Å². The maximum Gasteiger partial charge on any atom is 0.255 e. The molecule has 6 aromatic rings. The van der Waals surface area contributed by atoms with Gasteiger partial charge < -0.3 is 29.3 Å². The van der Waals surface area contributed by atoms with Gasteiger partial charge in [-0.2, -0.15) is 0 Å². The number of nitrogens with zero attached hydrogens (tertiary/aromatic N) is 3. The van der Waals surface area contributed by atoms with Gasteiger partial charge in [0.15, 0.2) is 5.58 Å². The lowest BCUT2D eigenvalue weighted by molar-refractivity contribution is 0.0949. The molecule has 2 aliphatic rings. The monoisotopic (exact) mass is 665 g/mol. The molecule has 0 aliphatic carbocycles. The van der Waals surface area contributed by atoms with Gasteiger partial charge in [0.25, 0.3) is 17.4 Å². The zero-order valence-electron chi connectivity index (χ0n) is 27.5. The van der Waals surface area contributed by atoms with Crippen LogP contribution in [0.2, 0.25) is 0 Å². The van der Waals surface area contributed by atoms with Crippen LogP contribution in [0.4, 0.5) is 11.4 Å². The number of ether oxygens (including phenoxy) is 1. The number of oxazole rings is 1. The van der Waals surface area contributed by atoms with Crippen molar-refractivity contribution in [2.45, 2.75) is 25.4 Å². The van der Waals surface area contributed by atoms with Crippen LogP contribution in [0.3, 0.4) is 0 Å². The van der Waals surface area contributed by atoms with Gasteiger partial charge in [-0.05, 0) is 73.0 Å². The molecule has 0 radical (unpaired) electrons. The lowest BCUT2D eigenvalue weighted by Crippen LogP contribution is -2.47. The second-order valence-corrected chi connectivity index (χ2v) is 12.9. The molecule has 2 N–H and O–H groups in total. The Kier molecular flexibility index (Phi) is 8.12. The summed E-state index contributed by atoms with van der Waals surface area (Å²) in [4.78, 5) is 46.9. The van der Waals surface area contributed by atoms with Gasteiger partial charge in [-0.1, -0.05) is 42.5 Å². The molecular formula is C40H35N5O5. The molecule has 4 aromatic carbocycles. The molecule has 1 saturated heterocycles. The van der Waals surface area contributed by atoms with Gasteiger partial charge >= 0.3 is 0 Å². The second kappa shape index (κ2) is 13.0. The van der Waals surface area contributed by atoms with Crippen LogP contribution in [0.15, 0.2) is 118 Å². The number of hydrogen-bond donors (Lipinski definition) is 2. The van der Waals surface area contributed by atoms with E-state index in [9.17, 15) is 14.4 Å². The summed E-state index contributed by atoms with van der Waals surface area (Å²) in [6.45, 7) is 2.32. The van der Waals surface area contributed by atoms with Gasteiger partial charge in [0.2, 0.25) is 5.89 Å². The third-order valence-electron chi connectivity index (χ3n) is 9.63. The molecule has 250 valence electrons. The summed E-state index contributed by atoms with van der Waals surface area (Å²) in [5.41, 5.74) is 6.07. The normalized spacial score (nSPS) is 16.5. The van der Waals surface area contributed by atoms with Crippen LogP contribution >= 0.6 is 0 Å². The van der Waals surface area contributed by atoms with Crippen LogP contribution in [-0.2, 0) is 13.1 Å². The number of para-hydroxylation sites is 1. The standard InChI is InChI=1S/C40H35N5O5/c1-49-35-12-6-5-10-29(35)21-41-38(47)27-14-16-34(44-22-25-18-30(24-44)33-11-7-13-37(46)45(33)23-25)31(19-27)42-39(48)28-15-17-36-32(20-28)43-40(50-36)26-8-3-2-4-9-26/h2-17,19-20,25,30H,18,21-24H2,1H3,(H,41,47)(H,42,48)/t25-,30+/m1/s1. The molecule has 2 amide bonds. The predicted octanol–water partition coefficient (Wildman–Crippen LogP) is 6.47. The van der Waals surface area contributed by atoms with Gasteiger partial charge in [-0.3, -0.25) is 14.4 Å². The van der Waals surface area contributed by atoms with E-state index in [0.29, 0.717) is 59.2 Å². The first kappa shape index (κ1) is 31.1. The van der Waals surface area contributed by atoms with E-state index in [-0.39, 0.29) is 35.8 Å². The molecule has 2 aromatic heterocycles. The van der Waals surface area contributed by atoms with Crippen LogP contribution in [0, 0.1) is 5.92 Å². The molecule has 2 aliphatic heterocycles. The first-order valence-corrected chi connectivity index (χ1v) is 16.7. The van der Waals surface area contributed by atoms with Crippen LogP contribution in [0.25, 0.3) is 22.6 Å². The largest absolute Gasteiger partial charge is 0.496 e. The number of piperidine rings is 1. The summed E-state index contributed by atoms with van der Waals surface area (Å²) in [6, 6.07) is 33.2. The van der Waals surface area contributed by atoms with Crippen molar-refractivity contribution in [1.29, 1.82) is 0 Å². The Labute approximate surface area is 288 Å². The van der Waals surface area contributed by atoms with Crippen LogP contribution in [0.5, 0.6) is 5.75 Å². The third-order valence-corrected chi connectivity index (χ3v) is 9.63. The number of methoxy groups -OCH3 is 1. The highest BCUT2D eigenvalue weighted by atomic mass is 16.5. The van der Waals surface area contributed by atoms with Gasteiger partial charge in [-0.15, -0.1) is 0 Å². The fourth-order valence-electron chi connectivity index (χ4n) is 7.24. The van der Waals surface area contributed by atoms with Gasteiger partial charge in [0.05, 0.1) is 18.5 Å². The Balaban J connectivity index is 1.10. The summed E-state index contributed by atoms with van der Waals surface area (Å²) in [5, 5.41) is 6.10. The fraction of sp³-hybridized carbons (Fsp3) is 0.200. The summed E-state index contributed by atoms with van der Waals surface area (Å²) in [7, 11) is 1.60. The molecule has 0 saturated carbocycles. The number of carbonyl (C=O) groups is 2. The van der Waals surface area contributed by atoms with Crippen molar-refractivity contribution in [1.82, 2.24) is 14.9 Å². The highest BCUT2D eigenvalue weighted by Gasteiger charge is 2.35. The van der Waals surface area contributed by atoms with Crippen molar-refractivity contribution in [3.63, 3.8) is 0 Å². The molecule has 2 bridgehead atoms. The summed E-state index contributed by atoms with van der Waals surface area (Å²) in [5.74, 6) is 0.985. The van der Waals surface area contributed by atoms with Gasteiger partial charge in [0, 0.05) is 66.1 Å². The molecule has 8 rings (SSSR count). The smallest absolute Gasteiger partial charge is 0.255 e. The topological polar surface area (TPSA) is 119 Å². The maximum absolute atomic E-state index is 13.9. The first-order valence-electron chi connectivity index (χ1n) is 16.7. The summed E-state index contributed by atoms with van der Waals surface area (Å²) in [6.07, 6.45) is 0.994. The van der Waals surface area contributed by atoms with Crippen molar-refractivity contribution in [2.24, 2.45) is 5.92 Å². The number of anilines is 2.